The van der Waals surface area contributed by atoms with Crippen LogP contribution in [-0.2, 0) is 0 Å². The van der Waals surface area contributed by atoms with Crippen molar-refractivity contribution in [1.82, 2.24) is 4.98 Å². The molecule has 1 N–H and O–H groups in total. The van der Waals surface area contributed by atoms with Crippen LogP contribution < -0.4 is 5.32 Å². The largest absolute Gasteiger partial charge is 0.383 e. The maximum atomic E-state index is 4.17. The molecule has 1 aromatic rings. The lowest BCUT2D eigenvalue weighted by Gasteiger charge is -2.20. The normalized spacial score (nSPS) is 18.4. The lowest BCUT2D eigenvalue weighted by Crippen LogP contribution is -2.15. The number of halogens is 1. The number of nitrogens with one attached hydrogen (secondary N) is 1. The first-order valence-corrected chi connectivity index (χ1v) is 7.48. The maximum Gasteiger partial charge on any atom is 0.0538 e. The van der Waals surface area contributed by atoms with E-state index < -0.39 is 0 Å². The smallest absolute Gasteiger partial charge is 0.0538 e. The van der Waals surface area contributed by atoms with Gasteiger partial charge in [0.05, 0.1) is 11.9 Å². The van der Waals surface area contributed by atoms with Gasteiger partial charge in [-0.15, -0.1) is 0 Å². The lowest BCUT2D eigenvalue weighted by atomic mass is 9.91. The number of anilines is 1. The molecule has 0 amide bonds. The van der Waals surface area contributed by atoms with E-state index in [-0.39, 0.29) is 0 Å². The standard InChI is InChI=1S/C14H21BrN2/c15-13-8-14(11-16-10-13)17-9-12-6-4-2-1-3-5-7-12/h8,10-12,17H,1-7,9H2. The molecular weight excluding hydrogens is 276 g/mol. The Morgan fingerprint density at radius 2 is 1.82 bits per heavy atom. The molecule has 1 aliphatic carbocycles. The van der Waals surface area contributed by atoms with Crippen LogP contribution in [0.4, 0.5) is 5.69 Å². The van der Waals surface area contributed by atoms with E-state index in [0.717, 1.165) is 22.6 Å². The summed E-state index contributed by atoms with van der Waals surface area (Å²) >= 11 is 3.45. The van der Waals surface area contributed by atoms with E-state index >= 15 is 0 Å². The fourth-order valence-corrected chi connectivity index (χ4v) is 2.88. The van der Waals surface area contributed by atoms with Crippen LogP contribution in [0, 0.1) is 5.92 Å². The third-order valence-electron chi connectivity index (χ3n) is 3.52. The molecule has 0 spiro atoms. The van der Waals surface area contributed by atoms with Gasteiger partial charge in [-0.05, 0) is 40.8 Å². The van der Waals surface area contributed by atoms with Crippen LogP contribution in [0.2, 0.25) is 0 Å². The summed E-state index contributed by atoms with van der Waals surface area (Å²) in [4.78, 5) is 4.17. The number of nitrogens with zero attached hydrogens (tertiary/aromatic N) is 1. The number of hydrogen-bond donors (Lipinski definition) is 1. The highest BCUT2D eigenvalue weighted by atomic mass is 79.9. The first kappa shape index (κ1) is 12.9. The summed E-state index contributed by atoms with van der Waals surface area (Å²) in [7, 11) is 0. The van der Waals surface area contributed by atoms with Crippen LogP contribution in [0.5, 0.6) is 0 Å². The van der Waals surface area contributed by atoms with Crippen molar-refractivity contribution in [3.05, 3.63) is 22.9 Å². The summed E-state index contributed by atoms with van der Waals surface area (Å²) in [5, 5.41) is 3.51. The van der Waals surface area contributed by atoms with Crippen LogP contribution in [0.15, 0.2) is 22.9 Å². The SMILES string of the molecule is Brc1cncc(NCC2CCCCCCC2)c1. The van der Waals surface area contributed by atoms with E-state index in [9.17, 15) is 0 Å². The molecule has 0 bridgehead atoms. The minimum atomic E-state index is 0.842. The van der Waals surface area contributed by atoms with Crippen LogP contribution in [0.3, 0.4) is 0 Å². The second-order valence-electron chi connectivity index (χ2n) is 4.98. The molecule has 0 radical (unpaired) electrons. The second kappa shape index (κ2) is 7.00. The third-order valence-corrected chi connectivity index (χ3v) is 3.96. The van der Waals surface area contributed by atoms with Crippen LogP contribution in [0.1, 0.15) is 44.9 Å². The van der Waals surface area contributed by atoms with E-state index in [1.165, 1.54) is 44.9 Å². The van der Waals surface area contributed by atoms with Crippen molar-refractivity contribution >= 4 is 21.6 Å². The zero-order valence-electron chi connectivity index (χ0n) is 10.3. The Bertz CT molecular complexity index is 333. The molecule has 1 aliphatic rings. The predicted molar refractivity (Wildman–Crippen MR) is 76.2 cm³/mol. The number of hydrogen-bond acceptors (Lipinski definition) is 2. The van der Waals surface area contributed by atoms with Gasteiger partial charge in [-0.1, -0.05) is 32.1 Å². The van der Waals surface area contributed by atoms with Crippen molar-refractivity contribution in [3.8, 4) is 0 Å². The van der Waals surface area contributed by atoms with Crippen LogP contribution in [0.25, 0.3) is 0 Å². The van der Waals surface area contributed by atoms with Gasteiger partial charge in [0.2, 0.25) is 0 Å². The average molecular weight is 297 g/mol. The van der Waals surface area contributed by atoms with Gasteiger partial charge in [0.15, 0.2) is 0 Å². The molecule has 0 saturated heterocycles. The topological polar surface area (TPSA) is 24.9 Å². The third kappa shape index (κ3) is 4.66. The van der Waals surface area contributed by atoms with Gasteiger partial charge < -0.3 is 5.32 Å². The molecule has 1 saturated carbocycles. The van der Waals surface area contributed by atoms with E-state index in [1.807, 2.05) is 12.4 Å². The van der Waals surface area contributed by atoms with Gasteiger partial charge >= 0.3 is 0 Å². The molecule has 94 valence electrons. The Kier molecular flexibility index (Phi) is 5.30. The zero-order chi connectivity index (χ0) is 11.9. The van der Waals surface area contributed by atoms with Gasteiger partial charge in [-0.2, -0.15) is 0 Å². The van der Waals surface area contributed by atoms with Crippen molar-refractivity contribution in [1.29, 1.82) is 0 Å². The van der Waals surface area contributed by atoms with Crippen molar-refractivity contribution in [2.45, 2.75) is 44.9 Å². The molecule has 17 heavy (non-hydrogen) atoms. The molecule has 2 rings (SSSR count). The quantitative estimate of drug-likeness (QED) is 0.880. The first-order valence-electron chi connectivity index (χ1n) is 6.69. The minimum absolute atomic E-state index is 0.842. The van der Waals surface area contributed by atoms with Crippen molar-refractivity contribution < 1.29 is 0 Å². The summed E-state index contributed by atoms with van der Waals surface area (Å²) < 4.78 is 1.04. The first-order chi connectivity index (χ1) is 8.34. The Hall–Kier alpha value is -0.570. The minimum Gasteiger partial charge on any atom is -0.383 e. The van der Waals surface area contributed by atoms with Gasteiger partial charge in [0.1, 0.15) is 0 Å². The van der Waals surface area contributed by atoms with E-state index in [1.54, 1.807) is 0 Å². The molecule has 1 aromatic heterocycles. The molecular formula is C14H21BrN2. The highest BCUT2D eigenvalue weighted by Crippen LogP contribution is 2.23. The highest BCUT2D eigenvalue weighted by Gasteiger charge is 2.11. The van der Waals surface area contributed by atoms with Gasteiger partial charge in [-0.25, -0.2) is 0 Å². The second-order valence-corrected chi connectivity index (χ2v) is 5.90. The monoisotopic (exact) mass is 296 g/mol. The summed E-state index contributed by atoms with van der Waals surface area (Å²) in [6.45, 7) is 1.10. The molecule has 0 aliphatic heterocycles. The fraction of sp³-hybridized carbons (Fsp3) is 0.643. The lowest BCUT2D eigenvalue weighted by molar-refractivity contribution is 0.392. The van der Waals surface area contributed by atoms with Crippen molar-refractivity contribution in [2.24, 2.45) is 5.92 Å². The van der Waals surface area contributed by atoms with Crippen molar-refractivity contribution in [3.63, 3.8) is 0 Å². The molecule has 0 aromatic carbocycles. The molecule has 3 heteroatoms. The summed E-state index contributed by atoms with van der Waals surface area (Å²) in [6, 6.07) is 2.09. The highest BCUT2D eigenvalue weighted by molar-refractivity contribution is 9.10. The number of rotatable bonds is 3. The van der Waals surface area contributed by atoms with E-state index in [0.29, 0.717) is 0 Å². The van der Waals surface area contributed by atoms with E-state index in [2.05, 4.69) is 32.3 Å². The summed E-state index contributed by atoms with van der Waals surface area (Å²) in [5.74, 6) is 0.842. The Morgan fingerprint density at radius 1 is 1.12 bits per heavy atom. The van der Waals surface area contributed by atoms with E-state index in [4.69, 9.17) is 0 Å². The van der Waals surface area contributed by atoms with Crippen molar-refractivity contribution in [2.75, 3.05) is 11.9 Å². The van der Waals surface area contributed by atoms with Crippen LogP contribution >= 0.6 is 15.9 Å². The number of pyridine rings is 1. The zero-order valence-corrected chi connectivity index (χ0v) is 11.9. The van der Waals surface area contributed by atoms with Gasteiger partial charge in [-0.3, -0.25) is 4.98 Å². The molecule has 1 heterocycles. The van der Waals surface area contributed by atoms with Gasteiger partial charge in [0, 0.05) is 17.2 Å². The molecule has 1 fully saturated rings. The summed E-state index contributed by atoms with van der Waals surface area (Å²) in [5.41, 5.74) is 1.13. The van der Waals surface area contributed by atoms with Crippen LogP contribution in [-0.4, -0.2) is 11.5 Å². The fourth-order valence-electron chi connectivity index (χ4n) is 2.52. The maximum absolute atomic E-state index is 4.17. The predicted octanol–water partition coefficient (Wildman–Crippen LogP) is 4.62. The van der Waals surface area contributed by atoms with Gasteiger partial charge in [0.25, 0.3) is 0 Å². The Labute approximate surface area is 112 Å². The summed E-state index contributed by atoms with van der Waals surface area (Å²) in [6.07, 6.45) is 13.6. The Morgan fingerprint density at radius 3 is 2.53 bits per heavy atom. The average Bonchev–Trinajstić information content (AvgIpc) is 2.27. The molecule has 2 nitrogen and oxygen atoms in total. The Balaban J connectivity index is 1.79. The number of aromatic nitrogens is 1. The molecule has 0 atom stereocenters. The molecule has 0 unspecified atom stereocenters.